The zero-order valence-electron chi connectivity index (χ0n) is 9.91. The lowest BCUT2D eigenvalue weighted by Crippen LogP contribution is -2.24. The predicted molar refractivity (Wildman–Crippen MR) is 63.3 cm³/mol. The highest BCUT2D eigenvalue weighted by atomic mass is 16.3. The molecule has 1 aliphatic rings. The molecule has 2 heteroatoms. The van der Waals surface area contributed by atoms with Crippen LogP contribution in [0.1, 0.15) is 37.6 Å². The summed E-state index contributed by atoms with van der Waals surface area (Å²) in [6.07, 6.45) is 8.11. The van der Waals surface area contributed by atoms with Crippen molar-refractivity contribution in [1.29, 1.82) is 0 Å². The second-order valence-corrected chi connectivity index (χ2v) is 4.89. The van der Waals surface area contributed by atoms with Gasteiger partial charge in [-0.2, -0.15) is 0 Å². The smallest absolute Gasteiger partial charge is 0.193 e. The Bertz CT molecular complexity index is 459. The molecule has 1 aromatic rings. The van der Waals surface area contributed by atoms with E-state index in [1.807, 2.05) is 13.0 Å². The lowest BCUT2D eigenvalue weighted by atomic mass is 9.73. The molecule has 2 nitrogen and oxygen atoms in total. The molecule has 84 valence electrons. The van der Waals surface area contributed by atoms with Crippen LogP contribution in [0.3, 0.4) is 0 Å². The Morgan fingerprint density at radius 3 is 2.75 bits per heavy atom. The van der Waals surface area contributed by atoms with Crippen molar-refractivity contribution in [2.24, 2.45) is 5.41 Å². The Balaban J connectivity index is 2.46. The maximum Gasteiger partial charge on any atom is 0.193 e. The first-order valence-electron chi connectivity index (χ1n) is 5.47. The Labute approximate surface area is 95.7 Å². The average Bonchev–Trinajstić information content (AvgIpc) is 2.68. The zero-order chi connectivity index (χ0) is 11.8. The van der Waals surface area contributed by atoms with Crippen LogP contribution in [-0.2, 0) is 0 Å². The van der Waals surface area contributed by atoms with Crippen molar-refractivity contribution in [3.05, 3.63) is 47.5 Å². The van der Waals surface area contributed by atoms with Crippen LogP contribution in [0.2, 0.25) is 0 Å². The molecule has 0 aromatic carbocycles. The van der Waals surface area contributed by atoms with E-state index in [-0.39, 0.29) is 11.2 Å². The van der Waals surface area contributed by atoms with Gasteiger partial charge in [-0.15, -0.1) is 0 Å². The van der Waals surface area contributed by atoms with Gasteiger partial charge in [-0.25, -0.2) is 0 Å². The third kappa shape index (κ3) is 1.75. The Kier molecular flexibility index (Phi) is 2.58. The molecule has 0 radical (unpaired) electrons. The number of hydrogen-bond donors (Lipinski definition) is 0. The summed E-state index contributed by atoms with van der Waals surface area (Å²) in [7, 11) is 0. The Hall–Kier alpha value is -1.57. The monoisotopic (exact) mass is 216 g/mol. The van der Waals surface area contributed by atoms with Crippen molar-refractivity contribution in [1.82, 2.24) is 0 Å². The zero-order valence-corrected chi connectivity index (χ0v) is 9.91. The van der Waals surface area contributed by atoms with Crippen LogP contribution in [0.5, 0.6) is 0 Å². The fourth-order valence-corrected chi connectivity index (χ4v) is 2.27. The summed E-state index contributed by atoms with van der Waals surface area (Å²) in [4.78, 5) is 12.3. The summed E-state index contributed by atoms with van der Waals surface area (Å²) in [5.41, 5.74) is 2.50. The van der Waals surface area contributed by atoms with Gasteiger partial charge in [0.2, 0.25) is 0 Å². The highest BCUT2D eigenvalue weighted by Crippen LogP contribution is 2.38. The van der Waals surface area contributed by atoms with Crippen LogP contribution in [-0.4, -0.2) is 5.78 Å². The SMILES string of the molecule is CC1=C(C(=O)c2ccoc2)C(C)(C)CC=C1. The highest BCUT2D eigenvalue weighted by Gasteiger charge is 2.31. The van der Waals surface area contributed by atoms with Gasteiger partial charge in [0.1, 0.15) is 6.26 Å². The molecule has 0 spiro atoms. The lowest BCUT2D eigenvalue weighted by molar-refractivity contribution is 0.100. The van der Waals surface area contributed by atoms with E-state index in [0.717, 1.165) is 17.6 Å². The highest BCUT2D eigenvalue weighted by molar-refractivity contribution is 6.10. The molecule has 1 heterocycles. The fraction of sp³-hybridized carbons (Fsp3) is 0.357. The summed E-state index contributed by atoms with van der Waals surface area (Å²) in [5, 5.41) is 0. The molecular formula is C14H16O2. The van der Waals surface area contributed by atoms with Gasteiger partial charge >= 0.3 is 0 Å². The molecule has 1 aliphatic carbocycles. The van der Waals surface area contributed by atoms with Crippen molar-refractivity contribution < 1.29 is 9.21 Å². The molecule has 0 unspecified atom stereocenters. The quantitative estimate of drug-likeness (QED) is 0.704. The molecule has 0 fully saturated rings. The van der Waals surface area contributed by atoms with Crippen molar-refractivity contribution in [3.63, 3.8) is 0 Å². The van der Waals surface area contributed by atoms with Gasteiger partial charge in [0.25, 0.3) is 0 Å². The van der Waals surface area contributed by atoms with Gasteiger partial charge in [0.05, 0.1) is 11.8 Å². The normalized spacial score (nSPS) is 18.9. The second-order valence-electron chi connectivity index (χ2n) is 4.89. The van der Waals surface area contributed by atoms with Crippen LogP contribution in [0.4, 0.5) is 0 Å². The summed E-state index contributed by atoms with van der Waals surface area (Å²) in [5.74, 6) is 0.0839. The molecule has 0 saturated carbocycles. The summed E-state index contributed by atoms with van der Waals surface area (Å²) < 4.78 is 4.97. The standard InChI is InChI=1S/C14H16O2/c1-10-5-4-7-14(2,3)12(10)13(15)11-6-8-16-9-11/h4-6,8-9H,7H2,1-3H3. The van der Waals surface area contributed by atoms with E-state index in [1.165, 1.54) is 12.5 Å². The van der Waals surface area contributed by atoms with Gasteiger partial charge in [0, 0.05) is 5.57 Å². The van der Waals surface area contributed by atoms with E-state index < -0.39 is 0 Å². The number of ketones is 1. The van der Waals surface area contributed by atoms with Crippen LogP contribution in [0, 0.1) is 5.41 Å². The van der Waals surface area contributed by atoms with Gasteiger partial charge in [0.15, 0.2) is 5.78 Å². The number of Topliss-reactive ketones (excluding diaryl/α,β-unsaturated/α-hetero) is 1. The average molecular weight is 216 g/mol. The molecule has 2 rings (SSSR count). The molecule has 0 N–H and O–H groups in total. The topological polar surface area (TPSA) is 30.2 Å². The van der Waals surface area contributed by atoms with Crippen molar-refractivity contribution in [3.8, 4) is 0 Å². The molecule has 0 bridgehead atoms. The van der Waals surface area contributed by atoms with Crippen LogP contribution < -0.4 is 0 Å². The first kappa shape index (κ1) is 10.9. The summed E-state index contributed by atoms with van der Waals surface area (Å²) >= 11 is 0. The minimum absolute atomic E-state index is 0.0839. The Morgan fingerprint density at radius 2 is 2.19 bits per heavy atom. The second kappa shape index (κ2) is 3.78. The van der Waals surface area contributed by atoms with Crippen LogP contribution in [0.15, 0.2) is 46.3 Å². The summed E-state index contributed by atoms with van der Waals surface area (Å²) in [6, 6.07) is 1.72. The fourth-order valence-electron chi connectivity index (χ4n) is 2.27. The number of furan rings is 1. The number of carbonyl (C=O) groups excluding carboxylic acids is 1. The van der Waals surface area contributed by atoms with E-state index in [2.05, 4.69) is 19.9 Å². The van der Waals surface area contributed by atoms with Gasteiger partial charge in [-0.05, 0) is 30.4 Å². The lowest BCUT2D eigenvalue weighted by Gasteiger charge is -2.30. The van der Waals surface area contributed by atoms with Gasteiger partial charge in [-0.3, -0.25) is 4.79 Å². The van der Waals surface area contributed by atoms with Crippen molar-refractivity contribution in [2.45, 2.75) is 27.2 Å². The van der Waals surface area contributed by atoms with Gasteiger partial charge in [-0.1, -0.05) is 26.0 Å². The van der Waals surface area contributed by atoms with Gasteiger partial charge < -0.3 is 4.42 Å². The van der Waals surface area contributed by atoms with Crippen molar-refractivity contribution in [2.75, 3.05) is 0 Å². The van der Waals surface area contributed by atoms with Crippen LogP contribution in [0.25, 0.3) is 0 Å². The number of allylic oxidation sites excluding steroid dienone is 4. The van der Waals surface area contributed by atoms with Crippen LogP contribution >= 0.6 is 0 Å². The molecule has 16 heavy (non-hydrogen) atoms. The third-order valence-electron chi connectivity index (χ3n) is 3.08. The van der Waals surface area contributed by atoms with Crippen molar-refractivity contribution >= 4 is 5.78 Å². The number of hydrogen-bond acceptors (Lipinski definition) is 2. The molecule has 0 atom stereocenters. The molecular weight excluding hydrogens is 200 g/mol. The minimum Gasteiger partial charge on any atom is -0.472 e. The van der Waals surface area contributed by atoms with E-state index in [9.17, 15) is 4.79 Å². The maximum absolute atomic E-state index is 12.3. The minimum atomic E-state index is -0.0901. The molecule has 0 saturated heterocycles. The summed E-state index contributed by atoms with van der Waals surface area (Å²) in [6.45, 7) is 6.20. The first-order valence-corrected chi connectivity index (χ1v) is 5.47. The largest absolute Gasteiger partial charge is 0.472 e. The van der Waals surface area contributed by atoms with E-state index in [1.54, 1.807) is 6.07 Å². The van der Waals surface area contributed by atoms with E-state index >= 15 is 0 Å². The van der Waals surface area contributed by atoms with E-state index in [0.29, 0.717) is 5.56 Å². The first-order chi connectivity index (χ1) is 7.52. The third-order valence-corrected chi connectivity index (χ3v) is 3.08. The number of rotatable bonds is 2. The van der Waals surface area contributed by atoms with E-state index in [4.69, 9.17) is 4.42 Å². The molecule has 1 aromatic heterocycles. The maximum atomic E-state index is 12.3. The molecule has 0 aliphatic heterocycles. The molecule has 0 amide bonds. The number of carbonyl (C=O) groups is 1. The Morgan fingerprint density at radius 1 is 1.44 bits per heavy atom. The predicted octanol–water partition coefficient (Wildman–Crippen LogP) is 3.76.